The van der Waals surface area contributed by atoms with Gasteiger partial charge in [-0.05, 0) is 43.0 Å². The first-order valence-electron chi connectivity index (χ1n) is 5.61. The summed E-state index contributed by atoms with van der Waals surface area (Å²) in [5.41, 5.74) is 2.07. The largest absolute Gasteiger partial charge is 0.492 e. The van der Waals surface area contributed by atoms with Gasteiger partial charge in [0.2, 0.25) is 0 Å². The molecular formula is C13H15NO2. The molecule has 84 valence electrons. The van der Waals surface area contributed by atoms with Crippen molar-refractivity contribution >= 4 is 11.4 Å². The monoisotopic (exact) mass is 217 g/mol. The molecule has 0 aliphatic heterocycles. The Bertz CT molecular complexity index is 424. The number of hydrogen-bond acceptors (Lipinski definition) is 3. The van der Waals surface area contributed by atoms with Gasteiger partial charge in [-0.3, -0.25) is 9.78 Å². The molecule has 1 aromatic heterocycles. The number of aromatic nitrogens is 1. The van der Waals surface area contributed by atoms with Crippen LogP contribution in [0.15, 0.2) is 24.5 Å². The zero-order chi connectivity index (χ0) is 11.4. The van der Waals surface area contributed by atoms with Gasteiger partial charge in [-0.2, -0.15) is 0 Å². The van der Waals surface area contributed by atoms with Crippen LogP contribution in [0.5, 0.6) is 5.75 Å². The second-order valence-corrected chi connectivity index (χ2v) is 3.83. The van der Waals surface area contributed by atoms with Gasteiger partial charge < -0.3 is 4.74 Å². The fourth-order valence-corrected chi connectivity index (χ4v) is 1.86. The van der Waals surface area contributed by atoms with Crippen molar-refractivity contribution in [1.82, 2.24) is 4.98 Å². The van der Waals surface area contributed by atoms with Gasteiger partial charge in [-0.1, -0.05) is 0 Å². The molecule has 0 unspecified atom stereocenters. The predicted octanol–water partition coefficient (Wildman–Crippen LogP) is 2.62. The minimum absolute atomic E-state index is 0.211. The first-order valence-corrected chi connectivity index (χ1v) is 5.61. The van der Waals surface area contributed by atoms with Crippen LogP contribution in [-0.2, 0) is 4.79 Å². The lowest BCUT2D eigenvalue weighted by molar-refractivity contribution is -0.114. The average Bonchev–Trinajstić information content (AvgIpc) is 2.30. The number of nitrogens with zero attached hydrogens (tertiary/aromatic N) is 1. The summed E-state index contributed by atoms with van der Waals surface area (Å²) in [6.07, 6.45) is 7.76. The van der Waals surface area contributed by atoms with Crippen LogP contribution < -0.4 is 4.74 Å². The third-order valence-corrected chi connectivity index (χ3v) is 2.60. The van der Waals surface area contributed by atoms with E-state index in [0.29, 0.717) is 13.0 Å². The zero-order valence-corrected chi connectivity index (χ0v) is 9.40. The number of hydrogen-bond donors (Lipinski definition) is 0. The number of pyridine rings is 1. The Hall–Kier alpha value is -1.64. The molecule has 1 heterocycles. The predicted molar refractivity (Wildman–Crippen MR) is 62.2 cm³/mol. The first-order chi connectivity index (χ1) is 7.79. The SMILES string of the molecule is CCOc1cncc(C2=CC(=O)CCC2)c1. The number of ketones is 1. The van der Waals surface area contributed by atoms with Crippen molar-refractivity contribution in [3.8, 4) is 5.75 Å². The van der Waals surface area contributed by atoms with Gasteiger partial charge in [0.25, 0.3) is 0 Å². The van der Waals surface area contributed by atoms with Gasteiger partial charge >= 0.3 is 0 Å². The normalized spacial score (nSPS) is 15.8. The van der Waals surface area contributed by atoms with E-state index in [9.17, 15) is 4.79 Å². The van der Waals surface area contributed by atoms with E-state index in [2.05, 4.69) is 4.98 Å². The molecule has 3 nitrogen and oxygen atoms in total. The smallest absolute Gasteiger partial charge is 0.155 e. The molecule has 0 atom stereocenters. The van der Waals surface area contributed by atoms with Gasteiger partial charge in [0, 0.05) is 12.6 Å². The average molecular weight is 217 g/mol. The molecule has 1 aromatic rings. The van der Waals surface area contributed by atoms with Crippen molar-refractivity contribution in [1.29, 1.82) is 0 Å². The van der Waals surface area contributed by atoms with Crippen LogP contribution >= 0.6 is 0 Å². The quantitative estimate of drug-likeness (QED) is 0.781. The molecule has 1 aliphatic carbocycles. The van der Waals surface area contributed by atoms with Crippen molar-refractivity contribution < 1.29 is 9.53 Å². The van der Waals surface area contributed by atoms with Crippen molar-refractivity contribution in [2.45, 2.75) is 26.2 Å². The number of rotatable bonds is 3. The lowest BCUT2D eigenvalue weighted by Crippen LogP contribution is -2.02. The van der Waals surface area contributed by atoms with Gasteiger partial charge in [0.05, 0.1) is 12.8 Å². The molecule has 0 bridgehead atoms. The van der Waals surface area contributed by atoms with E-state index in [0.717, 1.165) is 29.7 Å². The lowest BCUT2D eigenvalue weighted by Gasteiger charge is -2.12. The highest BCUT2D eigenvalue weighted by molar-refractivity contribution is 5.98. The van der Waals surface area contributed by atoms with E-state index in [1.807, 2.05) is 13.0 Å². The minimum Gasteiger partial charge on any atom is -0.492 e. The van der Waals surface area contributed by atoms with Crippen LogP contribution in [0.3, 0.4) is 0 Å². The maximum Gasteiger partial charge on any atom is 0.155 e. The summed E-state index contributed by atoms with van der Waals surface area (Å²) in [5, 5.41) is 0. The number of allylic oxidation sites excluding steroid dienone is 2. The molecule has 0 saturated carbocycles. The molecule has 0 N–H and O–H groups in total. The highest BCUT2D eigenvalue weighted by atomic mass is 16.5. The molecule has 0 radical (unpaired) electrons. The highest BCUT2D eigenvalue weighted by Gasteiger charge is 2.12. The first kappa shape index (κ1) is 10.9. The number of carbonyl (C=O) groups excluding carboxylic acids is 1. The van der Waals surface area contributed by atoms with E-state index >= 15 is 0 Å². The Kier molecular flexibility index (Phi) is 3.34. The van der Waals surface area contributed by atoms with E-state index in [-0.39, 0.29) is 5.78 Å². The second kappa shape index (κ2) is 4.92. The Morgan fingerprint density at radius 1 is 1.38 bits per heavy atom. The van der Waals surface area contributed by atoms with Crippen LogP contribution in [-0.4, -0.2) is 17.4 Å². The topological polar surface area (TPSA) is 39.2 Å². The van der Waals surface area contributed by atoms with E-state index in [1.165, 1.54) is 0 Å². The van der Waals surface area contributed by atoms with Crippen LogP contribution in [0.4, 0.5) is 0 Å². The van der Waals surface area contributed by atoms with Crippen molar-refractivity contribution in [2.24, 2.45) is 0 Å². The van der Waals surface area contributed by atoms with Gasteiger partial charge in [-0.25, -0.2) is 0 Å². The Balaban J connectivity index is 2.26. The Morgan fingerprint density at radius 2 is 2.25 bits per heavy atom. The fourth-order valence-electron chi connectivity index (χ4n) is 1.86. The number of ether oxygens (including phenoxy) is 1. The Labute approximate surface area is 95.2 Å². The molecule has 0 saturated heterocycles. The maximum atomic E-state index is 11.3. The van der Waals surface area contributed by atoms with E-state index in [4.69, 9.17) is 4.74 Å². The summed E-state index contributed by atoms with van der Waals surface area (Å²) < 4.78 is 5.39. The standard InChI is InChI=1S/C13H15NO2/c1-2-16-13-7-11(8-14-9-13)10-4-3-5-12(15)6-10/h6-9H,2-5H2,1H3. The van der Waals surface area contributed by atoms with E-state index < -0.39 is 0 Å². The third-order valence-electron chi connectivity index (χ3n) is 2.60. The van der Waals surface area contributed by atoms with Crippen LogP contribution in [0.25, 0.3) is 5.57 Å². The summed E-state index contributed by atoms with van der Waals surface area (Å²) in [7, 11) is 0. The summed E-state index contributed by atoms with van der Waals surface area (Å²) in [6, 6.07) is 1.95. The molecule has 0 spiro atoms. The molecule has 1 aliphatic rings. The van der Waals surface area contributed by atoms with Gasteiger partial charge in [0.15, 0.2) is 5.78 Å². The van der Waals surface area contributed by atoms with Gasteiger partial charge in [0.1, 0.15) is 5.75 Å². The minimum atomic E-state index is 0.211. The van der Waals surface area contributed by atoms with Gasteiger partial charge in [-0.15, -0.1) is 0 Å². The zero-order valence-electron chi connectivity index (χ0n) is 9.40. The van der Waals surface area contributed by atoms with Crippen molar-refractivity contribution in [3.63, 3.8) is 0 Å². The lowest BCUT2D eigenvalue weighted by atomic mass is 9.94. The van der Waals surface area contributed by atoms with Crippen LogP contribution in [0, 0.1) is 0 Å². The Morgan fingerprint density at radius 3 is 3.00 bits per heavy atom. The van der Waals surface area contributed by atoms with Crippen LogP contribution in [0.2, 0.25) is 0 Å². The molecule has 0 amide bonds. The molecule has 0 fully saturated rings. The molecule has 16 heavy (non-hydrogen) atoms. The second-order valence-electron chi connectivity index (χ2n) is 3.83. The van der Waals surface area contributed by atoms with Crippen molar-refractivity contribution in [3.05, 3.63) is 30.1 Å². The maximum absolute atomic E-state index is 11.3. The van der Waals surface area contributed by atoms with Crippen LogP contribution in [0.1, 0.15) is 31.7 Å². The van der Waals surface area contributed by atoms with Crippen molar-refractivity contribution in [2.75, 3.05) is 6.61 Å². The summed E-state index contributed by atoms with van der Waals surface area (Å²) >= 11 is 0. The number of carbonyl (C=O) groups is 1. The molecular weight excluding hydrogens is 202 g/mol. The summed E-state index contributed by atoms with van der Waals surface area (Å²) in [6.45, 7) is 2.57. The summed E-state index contributed by atoms with van der Waals surface area (Å²) in [5.74, 6) is 0.974. The fraction of sp³-hybridized carbons (Fsp3) is 0.385. The third kappa shape index (κ3) is 2.48. The molecule has 3 heteroatoms. The summed E-state index contributed by atoms with van der Waals surface area (Å²) in [4.78, 5) is 15.5. The highest BCUT2D eigenvalue weighted by Crippen LogP contribution is 2.26. The molecule has 2 rings (SSSR count). The van der Waals surface area contributed by atoms with E-state index in [1.54, 1.807) is 18.5 Å². The molecule has 0 aromatic carbocycles.